The molecule has 108 valence electrons. The van der Waals surface area contributed by atoms with Crippen molar-refractivity contribution < 1.29 is 4.79 Å². The second kappa shape index (κ2) is 5.65. The fraction of sp³-hybridized carbons (Fsp3) is 0.267. The molecule has 1 unspecified atom stereocenters. The zero-order valence-electron chi connectivity index (χ0n) is 11.9. The van der Waals surface area contributed by atoms with Gasteiger partial charge in [-0.2, -0.15) is 5.10 Å². The monoisotopic (exact) mass is 300 g/mol. The number of nitrogens with zero attached hydrogens (tertiary/aromatic N) is 3. The molecule has 5 nitrogen and oxygen atoms in total. The Bertz CT molecular complexity index is 744. The molecule has 0 saturated carbocycles. The van der Waals surface area contributed by atoms with Gasteiger partial charge in [0, 0.05) is 25.7 Å². The van der Waals surface area contributed by atoms with Crippen LogP contribution in [0.5, 0.6) is 0 Å². The number of para-hydroxylation sites is 1. The molecule has 0 bridgehead atoms. The lowest BCUT2D eigenvalue weighted by Crippen LogP contribution is -2.27. The summed E-state index contributed by atoms with van der Waals surface area (Å²) >= 11 is 1.68. The molecule has 0 saturated heterocycles. The third-order valence-corrected chi connectivity index (χ3v) is 4.54. The average molecular weight is 300 g/mol. The molecule has 2 aromatic heterocycles. The largest absolute Gasteiger partial charge is 0.351 e. The van der Waals surface area contributed by atoms with E-state index < -0.39 is 0 Å². The third-order valence-electron chi connectivity index (χ3n) is 3.27. The number of benzene rings is 1. The zero-order valence-corrected chi connectivity index (χ0v) is 12.7. The Morgan fingerprint density at radius 2 is 2.24 bits per heavy atom. The molecular formula is C15H16N4OS. The highest BCUT2D eigenvalue weighted by molar-refractivity contribution is 7.18. The molecule has 2 heterocycles. The summed E-state index contributed by atoms with van der Waals surface area (Å²) < 4.78 is 2.80. The molecule has 1 N–H and O–H groups in total. The van der Waals surface area contributed by atoms with Gasteiger partial charge in [0.2, 0.25) is 0 Å². The Hall–Kier alpha value is -2.21. The lowest BCUT2D eigenvalue weighted by Gasteiger charge is -2.09. The standard InChI is InChI=1S/C15H16N4OS/c1-10(7-16-14(20)11-8-17-19(2)9-11)15-18-12-5-3-4-6-13(12)21-15/h3-6,8-10H,7H2,1-2H3,(H,16,20). The molecule has 0 radical (unpaired) electrons. The highest BCUT2D eigenvalue weighted by atomic mass is 32.1. The number of carbonyl (C=O) groups is 1. The van der Waals surface area contributed by atoms with Crippen molar-refractivity contribution >= 4 is 27.5 Å². The predicted octanol–water partition coefficient (Wildman–Crippen LogP) is 2.56. The highest BCUT2D eigenvalue weighted by Crippen LogP contribution is 2.26. The first-order valence-electron chi connectivity index (χ1n) is 6.76. The van der Waals surface area contributed by atoms with Crippen LogP contribution in [0.3, 0.4) is 0 Å². The van der Waals surface area contributed by atoms with Gasteiger partial charge in [0.1, 0.15) is 0 Å². The maximum atomic E-state index is 12.0. The van der Waals surface area contributed by atoms with Crippen LogP contribution in [0.25, 0.3) is 10.2 Å². The number of rotatable bonds is 4. The van der Waals surface area contributed by atoms with E-state index in [9.17, 15) is 4.79 Å². The molecule has 3 aromatic rings. The van der Waals surface area contributed by atoms with Gasteiger partial charge in [0.15, 0.2) is 0 Å². The number of nitrogens with one attached hydrogen (secondary N) is 1. The van der Waals surface area contributed by atoms with Gasteiger partial charge in [-0.15, -0.1) is 11.3 Å². The number of aromatic nitrogens is 3. The summed E-state index contributed by atoms with van der Waals surface area (Å²) in [7, 11) is 1.79. The molecule has 21 heavy (non-hydrogen) atoms. The van der Waals surface area contributed by atoms with Gasteiger partial charge in [-0.05, 0) is 12.1 Å². The SMILES string of the molecule is CC(CNC(=O)c1cnn(C)c1)c1nc2ccccc2s1. The summed E-state index contributed by atoms with van der Waals surface area (Å²) in [5.74, 6) is 0.0825. The molecule has 0 fully saturated rings. The first-order valence-corrected chi connectivity index (χ1v) is 7.57. The van der Waals surface area contributed by atoms with Gasteiger partial charge < -0.3 is 5.32 Å². The van der Waals surface area contributed by atoms with Crippen molar-refractivity contribution in [3.8, 4) is 0 Å². The topological polar surface area (TPSA) is 59.8 Å². The number of hydrogen-bond donors (Lipinski definition) is 1. The molecule has 0 spiro atoms. The van der Waals surface area contributed by atoms with Gasteiger partial charge in [-0.3, -0.25) is 9.48 Å². The van der Waals surface area contributed by atoms with E-state index in [4.69, 9.17) is 0 Å². The predicted molar refractivity (Wildman–Crippen MR) is 83.6 cm³/mol. The van der Waals surface area contributed by atoms with E-state index in [1.165, 1.54) is 4.70 Å². The van der Waals surface area contributed by atoms with Crippen LogP contribution < -0.4 is 5.32 Å². The van der Waals surface area contributed by atoms with Gasteiger partial charge in [0.05, 0.1) is 27.0 Å². The normalized spacial score (nSPS) is 12.5. The minimum absolute atomic E-state index is 0.101. The summed E-state index contributed by atoms with van der Waals surface area (Å²) in [5, 5.41) is 7.97. The molecule has 3 rings (SSSR count). The van der Waals surface area contributed by atoms with Crippen molar-refractivity contribution in [2.75, 3.05) is 6.54 Å². The van der Waals surface area contributed by atoms with E-state index in [-0.39, 0.29) is 11.8 Å². The molecule has 1 atom stereocenters. The number of amides is 1. The Kier molecular flexibility index (Phi) is 3.70. The van der Waals surface area contributed by atoms with E-state index in [1.807, 2.05) is 18.2 Å². The highest BCUT2D eigenvalue weighted by Gasteiger charge is 2.14. The Morgan fingerprint density at radius 1 is 1.43 bits per heavy atom. The summed E-state index contributed by atoms with van der Waals surface area (Å²) in [6.07, 6.45) is 3.27. The molecule has 0 aliphatic carbocycles. The fourth-order valence-corrected chi connectivity index (χ4v) is 3.09. The van der Waals surface area contributed by atoms with Crippen molar-refractivity contribution in [1.29, 1.82) is 0 Å². The third kappa shape index (κ3) is 2.95. The van der Waals surface area contributed by atoms with Crippen LogP contribution in [0.15, 0.2) is 36.7 Å². The number of fused-ring (bicyclic) bond motifs is 1. The number of thiazole rings is 1. The summed E-state index contributed by atoms with van der Waals surface area (Å²) in [6.45, 7) is 2.63. The van der Waals surface area contributed by atoms with Gasteiger partial charge in [-0.1, -0.05) is 19.1 Å². The van der Waals surface area contributed by atoms with Crippen LogP contribution in [-0.2, 0) is 7.05 Å². The number of aryl methyl sites for hydroxylation is 1. The molecule has 6 heteroatoms. The van der Waals surface area contributed by atoms with Gasteiger partial charge >= 0.3 is 0 Å². The lowest BCUT2D eigenvalue weighted by molar-refractivity contribution is 0.0951. The summed E-state index contributed by atoms with van der Waals surface area (Å²) in [4.78, 5) is 16.6. The summed E-state index contributed by atoms with van der Waals surface area (Å²) in [6, 6.07) is 8.08. The lowest BCUT2D eigenvalue weighted by atomic mass is 10.2. The second-order valence-corrected chi connectivity index (χ2v) is 6.10. The Labute approximate surface area is 126 Å². The maximum absolute atomic E-state index is 12.0. The van der Waals surface area contributed by atoms with Crippen LogP contribution in [0.1, 0.15) is 28.2 Å². The zero-order chi connectivity index (χ0) is 14.8. The number of carbonyl (C=O) groups excluding carboxylic acids is 1. The minimum Gasteiger partial charge on any atom is -0.351 e. The van der Waals surface area contributed by atoms with Crippen molar-refractivity contribution in [2.45, 2.75) is 12.8 Å². The van der Waals surface area contributed by atoms with E-state index in [0.29, 0.717) is 12.1 Å². The smallest absolute Gasteiger partial charge is 0.254 e. The maximum Gasteiger partial charge on any atom is 0.254 e. The Balaban J connectivity index is 1.66. The summed E-state index contributed by atoms with van der Waals surface area (Å²) in [5.41, 5.74) is 1.59. The fourth-order valence-electron chi connectivity index (χ4n) is 2.07. The first kappa shape index (κ1) is 13.8. The van der Waals surface area contributed by atoms with Crippen molar-refractivity contribution in [2.24, 2.45) is 7.05 Å². The van der Waals surface area contributed by atoms with Crippen LogP contribution in [0, 0.1) is 0 Å². The van der Waals surface area contributed by atoms with E-state index in [2.05, 4.69) is 28.4 Å². The van der Waals surface area contributed by atoms with Crippen molar-refractivity contribution in [3.05, 3.63) is 47.2 Å². The second-order valence-electron chi connectivity index (χ2n) is 5.03. The van der Waals surface area contributed by atoms with E-state index in [1.54, 1.807) is 35.5 Å². The minimum atomic E-state index is -0.101. The van der Waals surface area contributed by atoms with Crippen LogP contribution in [0.2, 0.25) is 0 Å². The molecule has 1 aromatic carbocycles. The quantitative estimate of drug-likeness (QED) is 0.805. The van der Waals surface area contributed by atoms with Crippen molar-refractivity contribution in [1.82, 2.24) is 20.1 Å². The molecular weight excluding hydrogens is 284 g/mol. The molecule has 0 aliphatic rings. The van der Waals surface area contributed by atoms with Gasteiger partial charge in [-0.25, -0.2) is 4.98 Å². The van der Waals surface area contributed by atoms with Gasteiger partial charge in [0.25, 0.3) is 5.91 Å². The molecule has 0 aliphatic heterocycles. The van der Waals surface area contributed by atoms with E-state index in [0.717, 1.165) is 10.5 Å². The van der Waals surface area contributed by atoms with Crippen LogP contribution >= 0.6 is 11.3 Å². The average Bonchev–Trinajstić information content (AvgIpc) is 3.10. The van der Waals surface area contributed by atoms with E-state index >= 15 is 0 Å². The van der Waals surface area contributed by atoms with Crippen molar-refractivity contribution in [3.63, 3.8) is 0 Å². The van der Waals surface area contributed by atoms with Crippen LogP contribution in [0.4, 0.5) is 0 Å². The first-order chi connectivity index (χ1) is 10.1. The molecule has 1 amide bonds. The van der Waals surface area contributed by atoms with Crippen LogP contribution in [-0.4, -0.2) is 27.2 Å². The number of hydrogen-bond acceptors (Lipinski definition) is 4. The Morgan fingerprint density at radius 3 is 2.95 bits per heavy atom.